The third-order valence-corrected chi connectivity index (χ3v) is 13.6. The number of rotatable bonds is 10. The van der Waals surface area contributed by atoms with Crippen molar-refractivity contribution < 1.29 is 4.43 Å². The molecule has 3 rings (SSSR count). The van der Waals surface area contributed by atoms with Crippen LogP contribution < -0.4 is 5.56 Å². The van der Waals surface area contributed by atoms with Crippen LogP contribution in [0.1, 0.15) is 52.3 Å². The van der Waals surface area contributed by atoms with Crippen molar-refractivity contribution >= 4 is 53.4 Å². The molecule has 0 saturated heterocycles. The first kappa shape index (κ1) is 28.5. The molecule has 0 spiro atoms. The van der Waals surface area contributed by atoms with E-state index in [9.17, 15) is 4.79 Å². The standard InChI is InChI=1S/C27H40IN3O2SSi/c1-19(2)16-23-21-18-31(17-20-12-9-10-13-22(20)28)26(24(21)25(32)30(6)29-23)34-15-11-14-33-35(7,8)27(3,4)5/h9-10,12-13,18-19H,11,14-17H2,1-8H3. The van der Waals surface area contributed by atoms with Crippen LogP contribution in [0.5, 0.6) is 0 Å². The SMILES string of the molecule is CC(C)Cc1nn(C)c(=O)c2c(SCCCO[Si](C)(C)C(C)(C)C)n(Cc3ccccc3I)cc12. The van der Waals surface area contributed by atoms with E-state index in [1.54, 1.807) is 18.8 Å². The maximum Gasteiger partial charge on any atom is 0.277 e. The fourth-order valence-electron chi connectivity index (χ4n) is 3.80. The van der Waals surface area contributed by atoms with Gasteiger partial charge in [0.1, 0.15) is 0 Å². The van der Waals surface area contributed by atoms with E-state index in [1.807, 2.05) is 0 Å². The molecule has 2 aromatic heterocycles. The van der Waals surface area contributed by atoms with E-state index in [0.29, 0.717) is 5.92 Å². The number of benzene rings is 1. The van der Waals surface area contributed by atoms with E-state index in [-0.39, 0.29) is 10.6 Å². The minimum atomic E-state index is -1.75. The van der Waals surface area contributed by atoms with Gasteiger partial charge in [0.2, 0.25) is 0 Å². The highest BCUT2D eigenvalue weighted by Gasteiger charge is 2.36. The smallest absolute Gasteiger partial charge is 0.277 e. The van der Waals surface area contributed by atoms with Crippen LogP contribution in [0.2, 0.25) is 18.1 Å². The molecule has 2 heterocycles. The van der Waals surface area contributed by atoms with Crippen LogP contribution in [-0.4, -0.2) is 35.0 Å². The van der Waals surface area contributed by atoms with Crippen molar-refractivity contribution in [1.82, 2.24) is 14.3 Å². The summed E-state index contributed by atoms with van der Waals surface area (Å²) in [6, 6.07) is 8.45. The van der Waals surface area contributed by atoms with Gasteiger partial charge in [0.05, 0.1) is 16.1 Å². The van der Waals surface area contributed by atoms with Crippen LogP contribution in [0, 0.1) is 9.49 Å². The molecule has 5 nitrogen and oxygen atoms in total. The summed E-state index contributed by atoms with van der Waals surface area (Å²) in [6.45, 7) is 17.3. The summed E-state index contributed by atoms with van der Waals surface area (Å²) < 4.78 is 11.4. The third kappa shape index (κ3) is 6.81. The number of hydrogen-bond acceptors (Lipinski definition) is 4. The zero-order valence-corrected chi connectivity index (χ0v) is 26.4. The highest BCUT2D eigenvalue weighted by atomic mass is 127. The number of halogens is 1. The van der Waals surface area contributed by atoms with Gasteiger partial charge in [-0.1, -0.05) is 52.8 Å². The average molecular weight is 626 g/mol. The summed E-state index contributed by atoms with van der Waals surface area (Å²) in [6.07, 6.45) is 3.96. The Morgan fingerprint density at radius 2 is 1.89 bits per heavy atom. The first-order valence-electron chi connectivity index (χ1n) is 12.4. The number of aryl methyl sites for hydroxylation is 1. The molecular formula is C27H40IN3O2SSi. The normalized spacial score (nSPS) is 12.7. The van der Waals surface area contributed by atoms with E-state index < -0.39 is 8.32 Å². The van der Waals surface area contributed by atoms with Gasteiger partial charge < -0.3 is 8.99 Å². The zero-order valence-electron chi connectivity index (χ0n) is 22.4. The molecule has 0 radical (unpaired) electrons. The van der Waals surface area contributed by atoms with Crippen LogP contribution in [0.15, 0.2) is 40.3 Å². The molecule has 3 aromatic rings. The molecule has 8 heteroatoms. The quantitative estimate of drug-likeness (QED) is 0.105. The minimum absolute atomic E-state index is 0.0194. The van der Waals surface area contributed by atoms with Gasteiger partial charge in [-0.25, -0.2) is 4.68 Å². The molecular weight excluding hydrogens is 585 g/mol. The molecule has 0 amide bonds. The Balaban J connectivity index is 1.93. The summed E-state index contributed by atoms with van der Waals surface area (Å²) in [4.78, 5) is 13.3. The summed E-state index contributed by atoms with van der Waals surface area (Å²) in [7, 11) is 0.0189. The van der Waals surface area contributed by atoms with Crippen molar-refractivity contribution in [3.05, 3.63) is 55.6 Å². The van der Waals surface area contributed by atoms with Crippen LogP contribution in [0.25, 0.3) is 10.8 Å². The second-order valence-electron chi connectivity index (χ2n) is 11.2. The van der Waals surface area contributed by atoms with Crippen LogP contribution >= 0.6 is 34.4 Å². The number of aromatic nitrogens is 3. The summed E-state index contributed by atoms with van der Waals surface area (Å²) in [5.74, 6) is 1.37. The molecule has 0 atom stereocenters. The van der Waals surface area contributed by atoms with Crippen molar-refractivity contribution in [2.45, 2.75) is 77.2 Å². The van der Waals surface area contributed by atoms with Gasteiger partial charge >= 0.3 is 0 Å². The van der Waals surface area contributed by atoms with Crippen LogP contribution in [0.3, 0.4) is 0 Å². The molecule has 0 unspecified atom stereocenters. The van der Waals surface area contributed by atoms with Gasteiger partial charge in [0.25, 0.3) is 5.56 Å². The Morgan fingerprint density at radius 3 is 2.51 bits per heavy atom. The first-order chi connectivity index (χ1) is 16.3. The van der Waals surface area contributed by atoms with E-state index in [4.69, 9.17) is 4.43 Å². The lowest BCUT2D eigenvalue weighted by Gasteiger charge is -2.36. The lowest BCUT2D eigenvalue weighted by molar-refractivity contribution is 0.289. The Bertz CT molecular complexity index is 1230. The van der Waals surface area contributed by atoms with Gasteiger partial charge in [-0.15, -0.1) is 11.8 Å². The van der Waals surface area contributed by atoms with Crippen LogP contribution in [0.4, 0.5) is 0 Å². The number of fused-ring (bicyclic) bond motifs is 1. The van der Waals surface area contributed by atoms with Crippen molar-refractivity contribution in [3.63, 3.8) is 0 Å². The van der Waals surface area contributed by atoms with Gasteiger partial charge in [-0.05, 0) is 71.1 Å². The minimum Gasteiger partial charge on any atom is -0.417 e. The molecule has 192 valence electrons. The average Bonchev–Trinajstić information content (AvgIpc) is 3.10. The number of nitrogens with zero attached hydrogens (tertiary/aromatic N) is 3. The maximum absolute atomic E-state index is 13.3. The second kappa shape index (κ2) is 11.5. The zero-order chi connectivity index (χ0) is 26.0. The first-order valence-corrected chi connectivity index (χ1v) is 17.4. The van der Waals surface area contributed by atoms with Gasteiger partial charge in [0, 0.05) is 41.1 Å². The van der Waals surface area contributed by atoms with Crippen molar-refractivity contribution in [2.75, 3.05) is 12.4 Å². The van der Waals surface area contributed by atoms with Gasteiger partial charge in [-0.3, -0.25) is 4.79 Å². The lowest BCUT2D eigenvalue weighted by Crippen LogP contribution is -2.41. The molecule has 0 aliphatic heterocycles. The highest BCUT2D eigenvalue weighted by Crippen LogP contribution is 2.37. The fraction of sp³-hybridized carbons (Fsp3) is 0.556. The van der Waals surface area contributed by atoms with Gasteiger partial charge in [-0.2, -0.15) is 5.10 Å². The maximum atomic E-state index is 13.3. The Labute approximate surface area is 229 Å². The second-order valence-corrected chi connectivity index (χ2v) is 18.3. The predicted octanol–water partition coefficient (Wildman–Crippen LogP) is 7.09. The predicted molar refractivity (Wildman–Crippen MR) is 160 cm³/mol. The monoisotopic (exact) mass is 625 g/mol. The molecule has 0 fully saturated rings. The fourth-order valence-corrected chi connectivity index (χ4v) is 6.52. The van der Waals surface area contributed by atoms with E-state index in [0.717, 1.165) is 53.2 Å². The third-order valence-electron chi connectivity index (χ3n) is 6.82. The molecule has 0 aliphatic rings. The topological polar surface area (TPSA) is 49.1 Å². The lowest BCUT2D eigenvalue weighted by atomic mass is 10.1. The number of hydrogen-bond donors (Lipinski definition) is 0. The molecule has 0 N–H and O–H groups in total. The molecule has 0 saturated carbocycles. The Morgan fingerprint density at radius 1 is 1.20 bits per heavy atom. The van der Waals surface area contributed by atoms with E-state index in [2.05, 4.69) is 110 Å². The van der Waals surface area contributed by atoms with Crippen molar-refractivity contribution in [2.24, 2.45) is 13.0 Å². The largest absolute Gasteiger partial charge is 0.417 e. The molecule has 0 aliphatic carbocycles. The van der Waals surface area contributed by atoms with Crippen molar-refractivity contribution in [3.8, 4) is 0 Å². The number of thioether (sulfide) groups is 1. The van der Waals surface area contributed by atoms with Gasteiger partial charge in [0.15, 0.2) is 8.32 Å². The molecule has 0 bridgehead atoms. The summed E-state index contributed by atoms with van der Waals surface area (Å²) >= 11 is 4.17. The van der Waals surface area contributed by atoms with E-state index in [1.165, 1.54) is 13.8 Å². The highest BCUT2D eigenvalue weighted by molar-refractivity contribution is 14.1. The van der Waals surface area contributed by atoms with Crippen molar-refractivity contribution in [1.29, 1.82) is 0 Å². The molecule has 35 heavy (non-hydrogen) atoms. The summed E-state index contributed by atoms with van der Waals surface area (Å²) in [5, 5.41) is 7.70. The van der Waals surface area contributed by atoms with Crippen LogP contribution in [-0.2, 0) is 24.4 Å². The molecule has 1 aromatic carbocycles. The Kier molecular flexibility index (Phi) is 9.37. The Hall–Kier alpha value is -1.10. The summed E-state index contributed by atoms with van der Waals surface area (Å²) in [5.41, 5.74) is 2.24. The van der Waals surface area contributed by atoms with E-state index >= 15 is 0 Å².